The monoisotopic (exact) mass is 288 g/mol. The van der Waals surface area contributed by atoms with Crippen LogP contribution in [0.1, 0.15) is 0 Å². The van der Waals surface area contributed by atoms with E-state index in [1.54, 1.807) is 22.6 Å². The van der Waals surface area contributed by atoms with E-state index in [0.29, 0.717) is 2.87 Å². The summed E-state index contributed by atoms with van der Waals surface area (Å²) in [6.07, 6.45) is 0. The molecule has 0 aliphatic carbocycles. The molecular weight excluding hydrogens is 289 g/mol. The first-order chi connectivity index (χ1) is 2.94. The van der Waals surface area contributed by atoms with Crippen molar-refractivity contribution >= 4 is 72.5 Å². The van der Waals surface area contributed by atoms with Gasteiger partial charge < -0.3 is 0 Å². The van der Waals surface area contributed by atoms with Crippen LogP contribution in [-0.4, -0.2) is 6.66 Å². The largest absolute Gasteiger partial charge is 0.231 e. The highest BCUT2D eigenvalue weighted by Gasteiger charge is 2.22. The molecule has 0 saturated heterocycles. The van der Waals surface area contributed by atoms with Gasteiger partial charge in [0.25, 0.3) is 0 Å². The lowest BCUT2D eigenvalue weighted by Crippen LogP contribution is -2.07. The van der Waals surface area contributed by atoms with Gasteiger partial charge in [0.1, 0.15) is 2.87 Å². The number of hydrogen-bond acceptors (Lipinski definition) is 1. The van der Waals surface area contributed by atoms with Gasteiger partial charge in [0.15, 0.2) is 0 Å². The molecule has 7 heavy (non-hydrogen) atoms. The lowest BCUT2D eigenvalue weighted by molar-refractivity contribution is 1.69. The third kappa shape index (κ3) is 4.21. The highest BCUT2D eigenvalue weighted by atomic mass is 127. The normalized spacial score (nSPS) is 11.4. The lowest BCUT2D eigenvalue weighted by atomic mass is 10.9. The van der Waals surface area contributed by atoms with Gasteiger partial charge in [-0.25, -0.2) is 0 Å². The molecule has 0 amide bonds. The van der Waals surface area contributed by atoms with E-state index < -0.39 is 3.79 Å². The molecule has 0 rings (SSSR count). The quantitative estimate of drug-likeness (QED) is 0.286. The van der Waals surface area contributed by atoms with Crippen LogP contribution in [0.3, 0.4) is 0 Å². The molecule has 0 aliphatic rings. The smallest absolute Gasteiger partial charge is 0.0769 e. The van der Waals surface area contributed by atoms with E-state index in [-0.39, 0.29) is 0 Å². The fraction of sp³-hybridized carbons (Fsp3) is 0.500. The molecular formula is C2Cl3IS. The second-order valence-electron chi connectivity index (χ2n) is 0.771. The Kier molecular flexibility index (Phi) is 3.74. The van der Waals surface area contributed by atoms with Crippen molar-refractivity contribution in [1.29, 1.82) is 0 Å². The van der Waals surface area contributed by atoms with Crippen molar-refractivity contribution in [3.63, 3.8) is 0 Å². The Morgan fingerprint density at radius 1 is 1.43 bits per heavy atom. The Labute approximate surface area is 75.6 Å². The number of thiocarbonyl (C=S) groups is 1. The zero-order chi connectivity index (χ0) is 6.08. The lowest BCUT2D eigenvalue weighted by Gasteiger charge is -2.03. The van der Waals surface area contributed by atoms with E-state index >= 15 is 0 Å². The third-order valence-electron chi connectivity index (χ3n) is 0.223. The molecule has 0 heterocycles. The Morgan fingerprint density at radius 2 is 1.57 bits per heavy atom. The van der Waals surface area contributed by atoms with Crippen LogP contribution in [-0.2, 0) is 0 Å². The van der Waals surface area contributed by atoms with Gasteiger partial charge in [-0.15, -0.1) is 0 Å². The van der Waals surface area contributed by atoms with Gasteiger partial charge in [-0.1, -0.05) is 47.0 Å². The van der Waals surface area contributed by atoms with E-state index in [4.69, 9.17) is 34.8 Å². The van der Waals surface area contributed by atoms with Gasteiger partial charge in [0.2, 0.25) is 3.79 Å². The van der Waals surface area contributed by atoms with Gasteiger partial charge in [-0.2, -0.15) is 0 Å². The van der Waals surface area contributed by atoms with E-state index in [1.165, 1.54) is 0 Å². The Bertz CT molecular complexity index is 85.4. The maximum Gasteiger partial charge on any atom is 0.231 e. The summed E-state index contributed by atoms with van der Waals surface area (Å²) in [5, 5.41) is 0. The summed E-state index contributed by atoms with van der Waals surface area (Å²) < 4.78 is -1.02. The Hall–Kier alpha value is 1.69. The molecule has 0 N–H and O–H groups in total. The maximum atomic E-state index is 5.25. The molecule has 0 fully saturated rings. The number of alkyl halides is 3. The average molecular weight is 289 g/mol. The highest BCUT2D eigenvalue weighted by Crippen LogP contribution is 2.30. The molecule has 0 nitrogen and oxygen atoms in total. The van der Waals surface area contributed by atoms with Crippen molar-refractivity contribution in [2.24, 2.45) is 0 Å². The van der Waals surface area contributed by atoms with E-state index in [2.05, 4.69) is 12.2 Å². The van der Waals surface area contributed by atoms with Crippen molar-refractivity contribution < 1.29 is 0 Å². The van der Waals surface area contributed by atoms with E-state index in [9.17, 15) is 0 Å². The van der Waals surface area contributed by atoms with Crippen LogP contribution in [0.2, 0.25) is 0 Å². The molecule has 42 valence electrons. The summed E-state index contributed by atoms with van der Waals surface area (Å²) in [4.78, 5) is 0. The minimum atomic E-state index is -1.37. The average Bonchev–Trinajstić information content (AvgIpc) is 1.31. The van der Waals surface area contributed by atoms with Crippen molar-refractivity contribution in [3.05, 3.63) is 0 Å². The standard InChI is InChI=1S/C2Cl3IS/c3-2(4,5)1(6)7. The molecule has 0 aromatic rings. The minimum absolute atomic E-state index is 0.343. The van der Waals surface area contributed by atoms with Crippen LogP contribution in [0, 0.1) is 0 Å². The summed E-state index contributed by atoms with van der Waals surface area (Å²) in [6, 6.07) is 0. The number of halogens is 4. The molecule has 0 radical (unpaired) electrons. The van der Waals surface area contributed by atoms with Gasteiger partial charge in [-0.05, 0) is 22.6 Å². The molecule has 0 spiro atoms. The summed E-state index contributed by atoms with van der Waals surface area (Å²) >= 11 is 22.1. The summed E-state index contributed by atoms with van der Waals surface area (Å²) in [6.45, 7) is 0. The maximum absolute atomic E-state index is 5.25. The second kappa shape index (κ2) is 3.01. The zero-order valence-electron chi connectivity index (χ0n) is 2.92. The van der Waals surface area contributed by atoms with Gasteiger partial charge >= 0.3 is 0 Å². The molecule has 0 unspecified atom stereocenters. The Balaban J connectivity index is 3.79. The van der Waals surface area contributed by atoms with Crippen molar-refractivity contribution in [2.45, 2.75) is 3.79 Å². The van der Waals surface area contributed by atoms with Gasteiger partial charge in [0.05, 0.1) is 0 Å². The summed E-state index contributed by atoms with van der Waals surface area (Å²) in [5.41, 5.74) is 0. The van der Waals surface area contributed by atoms with Crippen molar-refractivity contribution in [3.8, 4) is 0 Å². The predicted molar refractivity (Wildman–Crippen MR) is 46.9 cm³/mol. The first-order valence-electron chi connectivity index (χ1n) is 1.21. The van der Waals surface area contributed by atoms with Crippen LogP contribution in [0.15, 0.2) is 0 Å². The van der Waals surface area contributed by atoms with Crippen LogP contribution in [0.4, 0.5) is 0 Å². The SMILES string of the molecule is S=C(I)C(Cl)(Cl)Cl. The fourth-order valence-corrected chi connectivity index (χ4v) is 0. The highest BCUT2D eigenvalue weighted by molar-refractivity contribution is 14.1. The van der Waals surface area contributed by atoms with Crippen molar-refractivity contribution in [1.82, 2.24) is 0 Å². The van der Waals surface area contributed by atoms with Crippen LogP contribution in [0.25, 0.3) is 0 Å². The molecule has 0 bridgehead atoms. The van der Waals surface area contributed by atoms with E-state index in [0.717, 1.165) is 0 Å². The number of rotatable bonds is 0. The first-order valence-corrected chi connectivity index (χ1v) is 3.83. The molecule has 0 aliphatic heterocycles. The van der Waals surface area contributed by atoms with E-state index in [1.807, 2.05) is 0 Å². The minimum Gasteiger partial charge on any atom is -0.0769 e. The van der Waals surface area contributed by atoms with Crippen LogP contribution >= 0.6 is 69.6 Å². The zero-order valence-corrected chi connectivity index (χ0v) is 8.16. The second-order valence-corrected chi connectivity index (χ2v) is 5.27. The molecule has 0 atom stereocenters. The molecule has 5 heteroatoms. The topological polar surface area (TPSA) is 0 Å². The third-order valence-corrected chi connectivity index (χ3v) is 3.20. The molecule has 0 aromatic carbocycles. The van der Waals surface area contributed by atoms with Gasteiger partial charge in [0, 0.05) is 0 Å². The Morgan fingerprint density at radius 3 is 1.57 bits per heavy atom. The summed E-state index contributed by atoms with van der Waals surface area (Å²) in [5.74, 6) is 0. The van der Waals surface area contributed by atoms with Crippen molar-refractivity contribution in [2.75, 3.05) is 0 Å². The summed E-state index contributed by atoms with van der Waals surface area (Å²) in [7, 11) is 0. The fourth-order valence-electron chi connectivity index (χ4n) is 0. The molecule has 0 saturated carbocycles. The number of hydrogen-bond donors (Lipinski definition) is 0. The van der Waals surface area contributed by atoms with Gasteiger partial charge in [-0.3, -0.25) is 0 Å². The first kappa shape index (κ1) is 8.69. The molecule has 0 aromatic heterocycles. The van der Waals surface area contributed by atoms with Crippen LogP contribution < -0.4 is 0 Å². The van der Waals surface area contributed by atoms with Crippen LogP contribution in [0.5, 0.6) is 0 Å². The predicted octanol–water partition coefficient (Wildman–Crippen LogP) is 3.12.